The molecule has 19 heavy (non-hydrogen) atoms. The molecule has 0 saturated heterocycles. The Morgan fingerprint density at radius 1 is 1.37 bits per heavy atom. The summed E-state index contributed by atoms with van der Waals surface area (Å²) in [5.41, 5.74) is 4.16. The first-order chi connectivity index (χ1) is 9.10. The largest absolute Gasteiger partial charge is 0.465 e. The summed E-state index contributed by atoms with van der Waals surface area (Å²) >= 11 is 5.77. The van der Waals surface area contributed by atoms with Gasteiger partial charge in [-0.05, 0) is 44.0 Å². The van der Waals surface area contributed by atoms with Gasteiger partial charge in [-0.1, -0.05) is 0 Å². The molecule has 0 radical (unpaired) electrons. The lowest BCUT2D eigenvalue weighted by Gasteiger charge is -2.07. The fraction of sp³-hybridized carbons (Fsp3) is 0.400. The predicted molar refractivity (Wildman–Crippen MR) is 78.1 cm³/mol. The minimum Gasteiger partial charge on any atom is -0.465 e. The van der Waals surface area contributed by atoms with Gasteiger partial charge in [0.2, 0.25) is 0 Å². The third-order valence-electron chi connectivity index (χ3n) is 3.58. The normalized spacial score (nSPS) is 10.9. The molecule has 0 aliphatic heterocycles. The number of aryl methyl sites for hydroxylation is 2. The van der Waals surface area contributed by atoms with Crippen molar-refractivity contribution in [1.29, 1.82) is 0 Å². The zero-order valence-electron chi connectivity index (χ0n) is 11.5. The van der Waals surface area contributed by atoms with Crippen LogP contribution in [0.2, 0.25) is 0 Å². The minimum atomic E-state index is -0.299. The molecule has 2 aromatic rings. The summed E-state index contributed by atoms with van der Waals surface area (Å²) in [5, 5.41) is 1.11. The zero-order chi connectivity index (χ0) is 14.0. The summed E-state index contributed by atoms with van der Waals surface area (Å²) < 4.78 is 7.02. The quantitative estimate of drug-likeness (QED) is 0.631. The van der Waals surface area contributed by atoms with Gasteiger partial charge >= 0.3 is 5.97 Å². The number of esters is 1. The van der Waals surface area contributed by atoms with E-state index in [-0.39, 0.29) is 5.97 Å². The second kappa shape index (κ2) is 5.66. The number of fused-ring (bicyclic) bond motifs is 1. The van der Waals surface area contributed by atoms with Crippen LogP contribution in [0, 0.1) is 13.8 Å². The van der Waals surface area contributed by atoms with E-state index in [1.807, 2.05) is 18.2 Å². The van der Waals surface area contributed by atoms with Crippen molar-refractivity contribution >= 4 is 28.5 Å². The van der Waals surface area contributed by atoms with Crippen molar-refractivity contribution < 1.29 is 9.53 Å². The number of alkyl halides is 1. The maximum atomic E-state index is 11.6. The van der Waals surface area contributed by atoms with E-state index in [0.717, 1.165) is 23.9 Å². The molecule has 0 N–H and O–H groups in total. The van der Waals surface area contributed by atoms with Gasteiger partial charge in [-0.2, -0.15) is 0 Å². The monoisotopic (exact) mass is 279 g/mol. The van der Waals surface area contributed by atoms with Gasteiger partial charge in [0.25, 0.3) is 0 Å². The zero-order valence-corrected chi connectivity index (χ0v) is 12.3. The Balaban J connectivity index is 2.55. The molecule has 0 fully saturated rings. The highest BCUT2D eigenvalue weighted by Gasteiger charge is 2.13. The van der Waals surface area contributed by atoms with Crippen molar-refractivity contribution in [3.8, 4) is 0 Å². The molecule has 0 amide bonds. The Labute approximate surface area is 118 Å². The van der Waals surface area contributed by atoms with Gasteiger partial charge in [-0.3, -0.25) is 0 Å². The van der Waals surface area contributed by atoms with E-state index in [4.69, 9.17) is 16.3 Å². The first-order valence-electron chi connectivity index (χ1n) is 6.34. The summed E-state index contributed by atoms with van der Waals surface area (Å²) in [6.07, 6.45) is 0.935. The lowest BCUT2D eigenvalue weighted by Crippen LogP contribution is -2.02. The Hall–Kier alpha value is -1.48. The van der Waals surface area contributed by atoms with Gasteiger partial charge in [-0.25, -0.2) is 4.79 Å². The highest BCUT2D eigenvalue weighted by molar-refractivity contribution is 6.17. The van der Waals surface area contributed by atoms with Crippen LogP contribution in [-0.2, 0) is 11.3 Å². The number of methoxy groups -OCH3 is 1. The lowest BCUT2D eigenvalue weighted by atomic mass is 10.1. The van der Waals surface area contributed by atoms with Gasteiger partial charge in [0.05, 0.1) is 12.7 Å². The summed E-state index contributed by atoms with van der Waals surface area (Å²) in [7, 11) is 1.40. The molecule has 4 heteroatoms. The lowest BCUT2D eigenvalue weighted by molar-refractivity contribution is 0.0601. The number of nitrogens with zero attached hydrogens (tertiary/aromatic N) is 1. The Morgan fingerprint density at radius 3 is 2.74 bits per heavy atom. The molecule has 0 saturated carbocycles. The Kier molecular flexibility index (Phi) is 4.15. The standard InChI is InChI=1S/C15H18ClNO2/c1-10-11(2)17(8-4-7-16)14-6-5-12(9-13(10)14)15(18)19-3/h5-6,9H,4,7-8H2,1-3H3. The topological polar surface area (TPSA) is 31.2 Å². The van der Waals surface area contributed by atoms with Crippen molar-refractivity contribution in [2.24, 2.45) is 0 Å². The van der Waals surface area contributed by atoms with E-state index in [1.54, 1.807) is 0 Å². The van der Waals surface area contributed by atoms with E-state index >= 15 is 0 Å². The first-order valence-corrected chi connectivity index (χ1v) is 6.87. The molecule has 0 unspecified atom stereocenters. The number of aromatic nitrogens is 1. The smallest absolute Gasteiger partial charge is 0.337 e. The number of carbonyl (C=O) groups is 1. The van der Waals surface area contributed by atoms with Crippen LogP contribution in [0.15, 0.2) is 18.2 Å². The van der Waals surface area contributed by atoms with Crippen molar-refractivity contribution in [2.45, 2.75) is 26.8 Å². The molecule has 0 atom stereocenters. The van der Waals surface area contributed by atoms with Gasteiger partial charge < -0.3 is 9.30 Å². The van der Waals surface area contributed by atoms with Crippen LogP contribution in [0.3, 0.4) is 0 Å². The van der Waals surface area contributed by atoms with Crippen molar-refractivity contribution in [3.63, 3.8) is 0 Å². The number of hydrogen-bond donors (Lipinski definition) is 0. The van der Waals surface area contributed by atoms with E-state index < -0.39 is 0 Å². The predicted octanol–water partition coefficient (Wildman–Crippen LogP) is 3.67. The molecule has 102 valence electrons. The van der Waals surface area contributed by atoms with E-state index in [1.165, 1.54) is 18.4 Å². The van der Waals surface area contributed by atoms with Gasteiger partial charge in [0.15, 0.2) is 0 Å². The molecule has 0 spiro atoms. The summed E-state index contributed by atoms with van der Waals surface area (Å²) in [6.45, 7) is 5.08. The fourth-order valence-corrected chi connectivity index (χ4v) is 2.52. The molecule has 1 aromatic carbocycles. The summed E-state index contributed by atoms with van der Waals surface area (Å²) in [4.78, 5) is 11.6. The molecule has 1 heterocycles. The number of hydrogen-bond acceptors (Lipinski definition) is 2. The van der Waals surface area contributed by atoms with Crippen LogP contribution < -0.4 is 0 Å². The number of rotatable bonds is 4. The molecule has 2 rings (SSSR count). The van der Waals surface area contributed by atoms with Crippen LogP contribution in [0.25, 0.3) is 10.9 Å². The van der Waals surface area contributed by atoms with E-state index in [9.17, 15) is 4.79 Å². The van der Waals surface area contributed by atoms with Crippen molar-refractivity contribution in [3.05, 3.63) is 35.0 Å². The third kappa shape index (κ3) is 2.47. The Bertz CT molecular complexity index is 616. The van der Waals surface area contributed by atoms with E-state index in [2.05, 4.69) is 18.4 Å². The van der Waals surface area contributed by atoms with Crippen LogP contribution in [0.4, 0.5) is 0 Å². The van der Waals surface area contributed by atoms with Crippen LogP contribution in [-0.4, -0.2) is 23.5 Å². The van der Waals surface area contributed by atoms with Crippen LogP contribution >= 0.6 is 11.6 Å². The first kappa shape index (κ1) is 13.9. The minimum absolute atomic E-state index is 0.299. The number of carbonyl (C=O) groups excluding carboxylic acids is 1. The fourth-order valence-electron chi connectivity index (χ4n) is 2.40. The molecular formula is C15H18ClNO2. The Morgan fingerprint density at radius 2 is 2.11 bits per heavy atom. The average molecular weight is 280 g/mol. The van der Waals surface area contributed by atoms with E-state index in [0.29, 0.717) is 11.4 Å². The number of halogens is 1. The number of benzene rings is 1. The molecule has 0 aliphatic carbocycles. The maximum absolute atomic E-state index is 11.6. The maximum Gasteiger partial charge on any atom is 0.337 e. The van der Waals surface area contributed by atoms with Gasteiger partial charge in [-0.15, -0.1) is 11.6 Å². The second-order valence-corrected chi connectivity index (χ2v) is 5.01. The highest BCUT2D eigenvalue weighted by Crippen LogP contribution is 2.26. The second-order valence-electron chi connectivity index (χ2n) is 4.63. The third-order valence-corrected chi connectivity index (χ3v) is 3.84. The van der Waals surface area contributed by atoms with Crippen molar-refractivity contribution in [1.82, 2.24) is 4.57 Å². The molecule has 0 bridgehead atoms. The van der Waals surface area contributed by atoms with Gasteiger partial charge in [0.1, 0.15) is 0 Å². The SMILES string of the molecule is COC(=O)c1ccc2c(c1)c(C)c(C)n2CCCCl. The molecule has 3 nitrogen and oxygen atoms in total. The molecular weight excluding hydrogens is 262 g/mol. The van der Waals surface area contributed by atoms with Crippen molar-refractivity contribution in [2.75, 3.05) is 13.0 Å². The molecule has 0 aliphatic rings. The highest BCUT2D eigenvalue weighted by atomic mass is 35.5. The van der Waals surface area contributed by atoms with Crippen LogP contribution in [0.5, 0.6) is 0 Å². The summed E-state index contributed by atoms with van der Waals surface area (Å²) in [6, 6.07) is 5.70. The average Bonchev–Trinajstić information content (AvgIpc) is 2.68. The van der Waals surface area contributed by atoms with Crippen LogP contribution in [0.1, 0.15) is 28.0 Å². The molecule has 1 aromatic heterocycles. The van der Waals surface area contributed by atoms with Gasteiger partial charge in [0, 0.05) is 29.0 Å². The summed E-state index contributed by atoms with van der Waals surface area (Å²) in [5.74, 6) is 0.353. The number of ether oxygens (including phenoxy) is 1.